The first-order chi connectivity index (χ1) is 16.8. The molecule has 0 bridgehead atoms. The van der Waals surface area contributed by atoms with Gasteiger partial charge in [0.25, 0.3) is 15.9 Å². The molecule has 8 nitrogen and oxygen atoms in total. The molecule has 0 aliphatic carbocycles. The van der Waals surface area contributed by atoms with Gasteiger partial charge in [-0.05, 0) is 42.5 Å². The summed E-state index contributed by atoms with van der Waals surface area (Å²) in [6.45, 7) is 0.452. The van der Waals surface area contributed by atoms with Gasteiger partial charge in [-0.15, -0.1) is 0 Å². The number of sulfonamides is 1. The van der Waals surface area contributed by atoms with Crippen LogP contribution in [-0.4, -0.2) is 43.4 Å². The summed E-state index contributed by atoms with van der Waals surface area (Å²) in [6, 6.07) is 17.1. The Bertz CT molecular complexity index is 1560. The highest BCUT2D eigenvalue weighted by Crippen LogP contribution is 2.31. The number of rotatable bonds is 4. The Hall–Kier alpha value is -3.24. The fourth-order valence-corrected chi connectivity index (χ4v) is 5.43. The van der Waals surface area contributed by atoms with E-state index in [1.165, 1.54) is 16.4 Å². The molecule has 11 heteroatoms. The number of hydrogen-bond donors (Lipinski definition) is 1. The summed E-state index contributed by atoms with van der Waals surface area (Å²) in [7, 11) is -3.60. The number of carbonyl (C=O) groups is 1. The number of amides is 1. The molecule has 1 N–H and O–H groups in total. The van der Waals surface area contributed by atoms with Gasteiger partial charge in [0.2, 0.25) is 0 Å². The van der Waals surface area contributed by atoms with Crippen LogP contribution >= 0.6 is 23.2 Å². The zero-order chi connectivity index (χ0) is 24.6. The quantitative estimate of drug-likeness (QED) is 0.400. The molecular weight excluding hydrogens is 511 g/mol. The van der Waals surface area contributed by atoms with Gasteiger partial charge in [-0.25, -0.2) is 18.4 Å². The molecule has 0 radical (unpaired) electrons. The van der Waals surface area contributed by atoms with Crippen molar-refractivity contribution in [1.82, 2.24) is 9.97 Å². The Morgan fingerprint density at radius 2 is 1.86 bits per heavy atom. The highest BCUT2D eigenvalue weighted by Gasteiger charge is 2.27. The number of aromatic nitrogens is 2. The van der Waals surface area contributed by atoms with Crippen LogP contribution in [0.4, 0.5) is 11.4 Å². The predicted octanol–water partition coefficient (Wildman–Crippen LogP) is 4.98. The van der Waals surface area contributed by atoms with Gasteiger partial charge in [-0.3, -0.25) is 9.10 Å². The van der Waals surface area contributed by atoms with E-state index in [0.29, 0.717) is 27.8 Å². The molecule has 1 aromatic heterocycles. The minimum absolute atomic E-state index is 0.119. The van der Waals surface area contributed by atoms with E-state index in [-0.39, 0.29) is 23.7 Å². The summed E-state index contributed by atoms with van der Waals surface area (Å²) in [5.41, 5.74) is 2.38. The van der Waals surface area contributed by atoms with E-state index >= 15 is 0 Å². The second kappa shape index (κ2) is 9.43. The van der Waals surface area contributed by atoms with Crippen LogP contribution in [-0.2, 0) is 14.8 Å². The molecule has 2 heterocycles. The maximum absolute atomic E-state index is 12.9. The number of anilines is 2. The van der Waals surface area contributed by atoms with Crippen molar-refractivity contribution < 1.29 is 17.9 Å². The number of benzene rings is 3. The normalized spacial score (nSPS) is 15.2. The molecule has 0 atom stereocenters. The van der Waals surface area contributed by atoms with Crippen LogP contribution in [0.2, 0.25) is 10.0 Å². The number of hydrogen-bond acceptors (Lipinski definition) is 6. The van der Waals surface area contributed by atoms with Crippen molar-refractivity contribution >= 4 is 61.4 Å². The monoisotopic (exact) mass is 528 g/mol. The minimum Gasteiger partial charge on any atom is -0.362 e. The van der Waals surface area contributed by atoms with E-state index in [2.05, 4.69) is 15.3 Å². The lowest BCUT2D eigenvalue weighted by Crippen LogP contribution is -2.41. The molecule has 0 unspecified atom stereocenters. The second-order valence-corrected chi connectivity index (χ2v) is 10.4. The number of fused-ring (bicyclic) bond motifs is 1. The average Bonchev–Trinajstić information content (AvgIpc) is 2.84. The van der Waals surface area contributed by atoms with Crippen molar-refractivity contribution in [2.24, 2.45) is 0 Å². The number of halogens is 2. The number of nitrogens with one attached hydrogen (secondary N) is 1. The van der Waals surface area contributed by atoms with Crippen LogP contribution in [0.25, 0.3) is 22.3 Å². The average molecular weight is 529 g/mol. The van der Waals surface area contributed by atoms with Crippen LogP contribution in [0.5, 0.6) is 0 Å². The van der Waals surface area contributed by atoms with E-state index in [1.54, 1.807) is 30.5 Å². The van der Waals surface area contributed by atoms with Crippen LogP contribution < -0.4 is 9.62 Å². The molecule has 35 heavy (non-hydrogen) atoms. The Morgan fingerprint density at radius 3 is 2.66 bits per heavy atom. The summed E-state index contributed by atoms with van der Waals surface area (Å²) in [6.07, 6.45) is 1.72. The van der Waals surface area contributed by atoms with Crippen LogP contribution in [0.1, 0.15) is 10.4 Å². The molecule has 178 valence electrons. The summed E-state index contributed by atoms with van der Waals surface area (Å²) in [4.78, 5) is 21.9. The lowest BCUT2D eigenvalue weighted by atomic mass is 10.1. The maximum Gasteiger partial charge on any atom is 0.259 e. The first-order valence-corrected chi connectivity index (χ1v) is 12.9. The van der Waals surface area contributed by atoms with Gasteiger partial charge in [0.15, 0.2) is 11.8 Å². The second-order valence-electron chi connectivity index (χ2n) is 7.78. The molecule has 0 saturated carbocycles. The Kier molecular flexibility index (Phi) is 6.33. The smallest absolute Gasteiger partial charge is 0.259 e. The molecule has 1 aliphatic heterocycles. The number of nitrogens with zero attached hydrogens (tertiary/aromatic N) is 3. The van der Waals surface area contributed by atoms with Crippen LogP contribution in [0.3, 0.4) is 0 Å². The van der Waals surface area contributed by atoms with Gasteiger partial charge >= 0.3 is 0 Å². The summed E-state index contributed by atoms with van der Waals surface area (Å²) < 4.78 is 30.8. The van der Waals surface area contributed by atoms with E-state index in [0.717, 1.165) is 10.9 Å². The van der Waals surface area contributed by atoms with Gasteiger partial charge in [-0.2, -0.15) is 0 Å². The third-order valence-electron chi connectivity index (χ3n) is 5.45. The summed E-state index contributed by atoms with van der Waals surface area (Å²) in [5, 5.41) is 4.26. The van der Waals surface area contributed by atoms with Crippen molar-refractivity contribution in [3.8, 4) is 11.4 Å². The summed E-state index contributed by atoms with van der Waals surface area (Å²) >= 11 is 12.8. The molecule has 5 rings (SSSR count). The van der Waals surface area contributed by atoms with Gasteiger partial charge in [0, 0.05) is 22.8 Å². The van der Waals surface area contributed by atoms with Crippen molar-refractivity contribution in [2.75, 3.05) is 28.7 Å². The fraction of sp³-hybridized carbons (Fsp3) is 0.125. The molecule has 0 spiro atoms. The zero-order valence-corrected chi connectivity index (χ0v) is 20.4. The van der Waals surface area contributed by atoms with Crippen molar-refractivity contribution in [3.05, 3.63) is 82.5 Å². The number of carbonyl (C=O) groups excluding carboxylic acids is 1. The zero-order valence-electron chi connectivity index (χ0n) is 18.1. The van der Waals surface area contributed by atoms with E-state index in [4.69, 9.17) is 27.9 Å². The third-order valence-corrected chi connectivity index (χ3v) is 7.62. The predicted molar refractivity (Wildman–Crippen MR) is 136 cm³/mol. The Labute approximate surface area is 211 Å². The molecule has 4 aromatic rings. The van der Waals surface area contributed by atoms with Crippen molar-refractivity contribution in [2.45, 2.75) is 0 Å². The molecule has 1 amide bonds. The van der Waals surface area contributed by atoms with Gasteiger partial charge in [0.1, 0.15) is 0 Å². The highest BCUT2D eigenvalue weighted by atomic mass is 35.5. The lowest BCUT2D eigenvalue weighted by molar-refractivity contribution is 0.102. The topological polar surface area (TPSA) is 101 Å². The van der Waals surface area contributed by atoms with Crippen LogP contribution in [0, 0.1) is 0 Å². The molecule has 1 aliphatic rings. The standard InChI is InChI=1S/C24H18Cl2N4O4S/c25-20-8-5-16(11-19(20)23-27-13-15-3-1-2-4-22(15)29-23)28-24(31)18-7-6-17(12-21(18)26)30-9-10-34-14-35(30,32)33/h1-8,11-13H,9-10,14H2,(H,28,31). The Balaban J connectivity index is 1.40. The molecular formula is C24H18Cl2N4O4S. The largest absolute Gasteiger partial charge is 0.362 e. The van der Waals surface area contributed by atoms with Gasteiger partial charge in [-0.1, -0.05) is 41.4 Å². The first kappa shape index (κ1) is 23.5. The first-order valence-electron chi connectivity index (χ1n) is 10.5. The summed E-state index contributed by atoms with van der Waals surface area (Å²) in [5.74, 6) is -0.426. The minimum atomic E-state index is -3.60. The van der Waals surface area contributed by atoms with Crippen LogP contribution in [0.15, 0.2) is 66.9 Å². The number of para-hydroxylation sites is 1. The van der Waals surface area contributed by atoms with Crippen molar-refractivity contribution in [1.29, 1.82) is 0 Å². The van der Waals surface area contributed by atoms with Crippen molar-refractivity contribution in [3.63, 3.8) is 0 Å². The Morgan fingerprint density at radius 1 is 1.03 bits per heavy atom. The third kappa shape index (κ3) is 4.81. The van der Waals surface area contributed by atoms with Gasteiger partial charge < -0.3 is 10.1 Å². The van der Waals surface area contributed by atoms with Gasteiger partial charge in [0.05, 0.1) is 40.0 Å². The molecule has 1 saturated heterocycles. The van der Waals surface area contributed by atoms with E-state index in [9.17, 15) is 13.2 Å². The maximum atomic E-state index is 12.9. The molecule has 3 aromatic carbocycles. The molecule has 1 fully saturated rings. The lowest BCUT2D eigenvalue weighted by Gasteiger charge is -2.28. The highest BCUT2D eigenvalue weighted by molar-refractivity contribution is 7.92. The fourth-order valence-electron chi connectivity index (χ4n) is 3.72. The SMILES string of the molecule is O=C(Nc1ccc(Cl)c(-c2ncc3ccccc3n2)c1)c1ccc(N2CCOCS2(=O)=O)cc1Cl. The number of ether oxygens (including phenoxy) is 1. The van der Waals surface area contributed by atoms with E-state index < -0.39 is 21.9 Å². The van der Waals surface area contributed by atoms with E-state index in [1.807, 2.05) is 24.3 Å².